The van der Waals surface area contributed by atoms with Crippen LogP contribution < -0.4 is 26.1 Å². The first-order valence-corrected chi connectivity index (χ1v) is 9.84. The molecular weight excluding hydrogens is 436 g/mol. The van der Waals surface area contributed by atoms with E-state index < -0.39 is 0 Å². The summed E-state index contributed by atoms with van der Waals surface area (Å²) in [6.07, 6.45) is 8.12. The summed E-state index contributed by atoms with van der Waals surface area (Å²) in [5.74, 6) is 0.304. The third-order valence-corrected chi connectivity index (χ3v) is 4.75. The van der Waals surface area contributed by atoms with Crippen molar-refractivity contribution in [3.05, 3.63) is 60.2 Å². The van der Waals surface area contributed by atoms with Gasteiger partial charge in [-0.25, -0.2) is 0 Å². The molecule has 0 saturated heterocycles. The minimum atomic E-state index is -0.0801. The van der Waals surface area contributed by atoms with Crippen molar-refractivity contribution >= 4 is 11.6 Å². The van der Waals surface area contributed by atoms with Crippen LogP contribution in [0.25, 0.3) is 0 Å². The Morgan fingerprint density at radius 2 is 1.10 bits per heavy atom. The zero-order valence-electron chi connectivity index (χ0n) is 16.7. The quantitative estimate of drug-likeness (QED) is 0.276. The molecule has 7 heteroatoms. The molecule has 0 radical (unpaired) electrons. The molecule has 0 aromatic carbocycles. The zero-order valence-corrected chi connectivity index (χ0v) is 18.3. The zero-order chi connectivity index (χ0) is 20.2. The van der Waals surface area contributed by atoms with Crippen LogP contribution in [0, 0.1) is 0 Å². The van der Waals surface area contributed by atoms with Crippen LogP contribution in [0.15, 0.2) is 48.8 Å². The lowest BCUT2D eigenvalue weighted by atomic mass is 10.1. The van der Waals surface area contributed by atoms with E-state index in [1.54, 1.807) is 9.13 Å². The lowest BCUT2D eigenvalue weighted by molar-refractivity contribution is -0.693. The van der Waals surface area contributed by atoms with Gasteiger partial charge in [0.05, 0.1) is 0 Å². The maximum atomic E-state index is 12.1. The van der Waals surface area contributed by atoms with Gasteiger partial charge < -0.3 is 27.2 Å². The van der Waals surface area contributed by atoms with Crippen LogP contribution in [0.4, 0.5) is 0 Å². The van der Waals surface area contributed by atoms with Crippen molar-refractivity contribution < 1.29 is 45.9 Å². The van der Waals surface area contributed by atoms with Crippen LogP contribution in [0.3, 0.4) is 0 Å². The fourth-order valence-corrected chi connectivity index (χ4v) is 3.15. The van der Waals surface area contributed by atoms with E-state index in [0.717, 1.165) is 37.1 Å². The van der Waals surface area contributed by atoms with Crippen molar-refractivity contribution in [2.45, 2.75) is 64.8 Å². The second-order valence-corrected chi connectivity index (χ2v) is 6.95. The Balaban J connectivity index is 0.00000420. The molecule has 0 spiro atoms. The van der Waals surface area contributed by atoms with Crippen molar-refractivity contribution in [3.8, 4) is 0 Å². The van der Waals surface area contributed by atoms with Gasteiger partial charge in [0, 0.05) is 37.1 Å². The van der Waals surface area contributed by atoms with Crippen molar-refractivity contribution in [2.24, 2.45) is 0 Å². The van der Waals surface area contributed by atoms with E-state index in [-0.39, 0.29) is 54.9 Å². The minimum absolute atomic E-state index is 0. The largest absolute Gasteiger partial charge is 1.00 e. The molecule has 0 atom stereocenters. The standard InChI is InChI=1S/C22H30N2O4.BrH/c25-17-19-9-5-7-13-23(19)15-21(27)11-3-1-2-4-12-22(28)16-24-14-8-6-10-20(24)18-26;/h5-10,13-14,25-26H,1-4,11-12,15-18H2;1H/q+2;/p-1. The number of halogens is 1. The average Bonchev–Trinajstić information content (AvgIpc) is 2.71. The highest BCUT2D eigenvalue weighted by Gasteiger charge is 2.15. The summed E-state index contributed by atoms with van der Waals surface area (Å²) >= 11 is 0. The van der Waals surface area contributed by atoms with Gasteiger partial charge in [0.25, 0.3) is 0 Å². The van der Waals surface area contributed by atoms with Crippen LogP contribution in [-0.4, -0.2) is 21.8 Å². The predicted octanol–water partition coefficient (Wildman–Crippen LogP) is -1.57. The van der Waals surface area contributed by atoms with Crippen LogP contribution in [-0.2, 0) is 35.9 Å². The second kappa shape index (κ2) is 14.1. The summed E-state index contributed by atoms with van der Waals surface area (Å²) in [4.78, 5) is 24.2. The summed E-state index contributed by atoms with van der Waals surface area (Å²) in [7, 11) is 0. The Morgan fingerprint density at radius 1 is 0.690 bits per heavy atom. The van der Waals surface area contributed by atoms with Gasteiger partial charge in [-0.3, -0.25) is 9.59 Å². The Kier molecular flexibility index (Phi) is 12.2. The number of ketones is 2. The highest BCUT2D eigenvalue weighted by molar-refractivity contribution is 5.77. The molecule has 0 bridgehead atoms. The molecule has 2 heterocycles. The third-order valence-electron chi connectivity index (χ3n) is 4.75. The third kappa shape index (κ3) is 8.94. The van der Waals surface area contributed by atoms with E-state index in [1.807, 2.05) is 48.8 Å². The molecule has 0 aliphatic rings. The molecule has 2 aromatic rings. The number of hydrogen-bond donors (Lipinski definition) is 2. The molecular formula is C22H30BrN2O4+. The van der Waals surface area contributed by atoms with E-state index in [9.17, 15) is 19.8 Å². The highest BCUT2D eigenvalue weighted by Crippen LogP contribution is 2.07. The summed E-state index contributed by atoms with van der Waals surface area (Å²) in [6, 6.07) is 11.0. The van der Waals surface area contributed by atoms with Gasteiger partial charge in [0.2, 0.25) is 24.5 Å². The summed E-state index contributed by atoms with van der Waals surface area (Å²) < 4.78 is 3.56. The second-order valence-electron chi connectivity index (χ2n) is 6.95. The molecule has 2 N–H and O–H groups in total. The molecule has 0 unspecified atom stereocenters. The molecule has 0 saturated carbocycles. The molecule has 0 aliphatic carbocycles. The first kappa shape index (κ1) is 25.1. The van der Waals surface area contributed by atoms with Gasteiger partial charge in [-0.05, 0) is 12.8 Å². The smallest absolute Gasteiger partial charge is 0.207 e. The minimum Gasteiger partial charge on any atom is -1.00 e. The Labute approximate surface area is 182 Å². The molecule has 0 fully saturated rings. The first-order valence-electron chi connectivity index (χ1n) is 9.84. The Hall–Kier alpha value is -1.96. The van der Waals surface area contributed by atoms with E-state index in [1.165, 1.54) is 0 Å². The normalized spacial score (nSPS) is 10.4. The predicted molar refractivity (Wildman–Crippen MR) is 103 cm³/mol. The Bertz CT molecular complexity index is 717. The molecule has 0 amide bonds. The van der Waals surface area contributed by atoms with Crippen molar-refractivity contribution in [3.63, 3.8) is 0 Å². The van der Waals surface area contributed by atoms with Gasteiger partial charge in [-0.1, -0.05) is 25.0 Å². The number of carbonyl (C=O) groups excluding carboxylic acids is 2. The summed E-state index contributed by atoms with van der Waals surface area (Å²) in [5.41, 5.74) is 1.46. The number of Topliss-reactive ketones (excluding diaryl/α,β-unsaturated/α-hetero) is 2. The average molecular weight is 466 g/mol. The number of unbranched alkanes of at least 4 members (excludes halogenated alkanes) is 3. The summed E-state index contributed by atoms with van der Waals surface area (Å²) in [5, 5.41) is 18.6. The molecule has 2 aromatic heterocycles. The maximum absolute atomic E-state index is 12.1. The number of carbonyl (C=O) groups is 2. The molecule has 29 heavy (non-hydrogen) atoms. The van der Waals surface area contributed by atoms with E-state index in [4.69, 9.17) is 0 Å². The van der Waals surface area contributed by atoms with E-state index in [2.05, 4.69) is 0 Å². The number of aliphatic hydroxyl groups is 2. The monoisotopic (exact) mass is 465 g/mol. The lowest BCUT2D eigenvalue weighted by Gasteiger charge is -2.03. The van der Waals surface area contributed by atoms with Crippen LogP contribution in [0.5, 0.6) is 0 Å². The Morgan fingerprint density at radius 3 is 1.48 bits per heavy atom. The number of rotatable bonds is 13. The van der Waals surface area contributed by atoms with Crippen LogP contribution in [0.2, 0.25) is 0 Å². The highest BCUT2D eigenvalue weighted by atomic mass is 79.9. The molecule has 158 valence electrons. The van der Waals surface area contributed by atoms with Gasteiger partial charge in [0.15, 0.2) is 24.0 Å². The fourth-order valence-electron chi connectivity index (χ4n) is 3.15. The van der Waals surface area contributed by atoms with E-state index in [0.29, 0.717) is 12.8 Å². The molecule has 2 rings (SSSR count). The van der Waals surface area contributed by atoms with Gasteiger partial charge in [0.1, 0.15) is 13.2 Å². The van der Waals surface area contributed by atoms with Gasteiger partial charge in [-0.15, -0.1) is 0 Å². The first-order chi connectivity index (χ1) is 13.6. The number of pyridine rings is 2. The summed E-state index contributed by atoms with van der Waals surface area (Å²) in [6.45, 7) is 0.417. The number of aromatic nitrogens is 2. The number of hydrogen-bond acceptors (Lipinski definition) is 4. The van der Waals surface area contributed by atoms with Crippen molar-refractivity contribution in [2.75, 3.05) is 0 Å². The molecule has 6 nitrogen and oxygen atoms in total. The van der Waals surface area contributed by atoms with Crippen molar-refractivity contribution in [1.82, 2.24) is 0 Å². The number of nitrogens with zero attached hydrogens (tertiary/aromatic N) is 2. The number of aliphatic hydroxyl groups excluding tert-OH is 2. The van der Waals surface area contributed by atoms with Crippen LogP contribution in [0.1, 0.15) is 49.9 Å². The van der Waals surface area contributed by atoms with Gasteiger partial charge in [-0.2, -0.15) is 9.13 Å². The van der Waals surface area contributed by atoms with E-state index >= 15 is 0 Å². The van der Waals surface area contributed by atoms with Gasteiger partial charge >= 0.3 is 0 Å². The maximum Gasteiger partial charge on any atom is 0.207 e. The van der Waals surface area contributed by atoms with Crippen LogP contribution >= 0.6 is 0 Å². The molecule has 0 aliphatic heterocycles. The SMILES string of the molecule is O=C(CCCCCCC(=O)C[n+]1ccccc1CO)C[n+]1ccccc1CO.[Br-]. The lowest BCUT2D eigenvalue weighted by Crippen LogP contribution is -3.00. The topological polar surface area (TPSA) is 82.4 Å². The fraction of sp³-hybridized carbons (Fsp3) is 0.455. The van der Waals surface area contributed by atoms with Crippen molar-refractivity contribution in [1.29, 1.82) is 0 Å².